The van der Waals surface area contributed by atoms with E-state index >= 15 is 0 Å². The van der Waals surface area contributed by atoms with Gasteiger partial charge in [0, 0.05) is 6.07 Å². The number of amides is 1. The van der Waals surface area contributed by atoms with Crippen LogP contribution >= 0.6 is 0 Å². The Kier molecular flexibility index (Phi) is 3.69. The summed E-state index contributed by atoms with van der Waals surface area (Å²) in [5.41, 5.74) is 0. The van der Waals surface area contributed by atoms with Crippen molar-refractivity contribution in [2.24, 2.45) is 0 Å². The minimum Gasteiger partial charge on any atom is -0.310 e. The summed E-state index contributed by atoms with van der Waals surface area (Å²) in [5, 5.41) is 6.97. The Morgan fingerprint density at radius 2 is 2.06 bits per heavy atom. The van der Waals surface area contributed by atoms with Gasteiger partial charge >= 0.3 is 0 Å². The van der Waals surface area contributed by atoms with Gasteiger partial charge in [0.25, 0.3) is 0 Å². The van der Waals surface area contributed by atoms with Crippen LogP contribution in [0.25, 0.3) is 0 Å². The molecule has 0 aliphatic rings. The number of carbonyl (C=O) groups is 1. The van der Waals surface area contributed by atoms with E-state index in [1.807, 2.05) is 0 Å². The average molecular weight is 245 g/mol. The van der Waals surface area contributed by atoms with E-state index in [4.69, 9.17) is 0 Å². The van der Waals surface area contributed by atoms with Crippen molar-refractivity contribution in [3.05, 3.63) is 12.3 Å². The molecule has 2 N–H and O–H groups in total. The fourth-order valence-electron chi connectivity index (χ4n) is 1.12. The van der Waals surface area contributed by atoms with Crippen LogP contribution in [-0.2, 0) is 14.6 Å². The third-order valence-electron chi connectivity index (χ3n) is 2.28. The topological polar surface area (TPSA) is 91.9 Å². The second kappa shape index (κ2) is 4.65. The van der Waals surface area contributed by atoms with Gasteiger partial charge in [0.15, 0.2) is 9.84 Å². The monoisotopic (exact) mass is 245 g/mol. The molecule has 0 aliphatic carbocycles. The molecule has 0 fully saturated rings. The summed E-state index contributed by atoms with van der Waals surface area (Å²) in [6.07, 6.45) is 1.47. The molecule has 1 aromatic rings. The maximum absolute atomic E-state index is 11.7. The maximum atomic E-state index is 11.7. The van der Waals surface area contributed by atoms with Crippen LogP contribution in [0.5, 0.6) is 0 Å². The van der Waals surface area contributed by atoms with Crippen LogP contribution < -0.4 is 5.32 Å². The van der Waals surface area contributed by atoms with Gasteiger partial charge in [-0.25, -0.2) is 8.42 Å². The molecule has 0 saturated heterocycles. The molecule has 0 bridgehead atoms. The van der Waals surface area contributed by atoms with Crippen molar-refractivity contribution >= 4 is 21.6 Å². The Hall–Kier alpha value is -1.37. The molecule has 1 rings (SSSR count). The molecule has 0 unspecified atom stereocenters. The number of sulfone groups is 1. The van der Waals surface area contributed by atoms with Crippen LogP contribution in [0.15, 0.2) is 12.3 Å². The Labute approximate surface area is 94.4 Å². The highest BCUT2D eigenvalue weighted by atomic mass is 32.2. The number of nitrogens with zero attached hydrogens (tertiary/aromatic N) is 1. The van der Waals surface area contributed by atoms with Gasteiger partial charge in [-0.2, -0.15) is 5.10 Å². The molecule has 90 valence electrons. The first kappa shape index (κ1) is 12.7. The summed E-state index contributed by atoms with van der Waals surface area (Å²) >= 11 is 0. The van der Waals surface area contributed by atoms with Gasteiger partial charge in [-0.1, -0.05) is 0 Å². The number of carbonyl (C=O) groups excluding carboxylic acids is 1. The molecule has 0 spiro atoms. The first-order chi connectivity index (χ1) is 7.35. The van der Waals surface area contributed by atoms with Gasteiger partial charge in [-0.3, -0.25) is 9.89 Å². The molecule has 1 heterocycles. The molecule has 6 nitrogen and oxygen atoms in total. The zero-order valence-corrected chi connectivity index (χ0v) is 10.2. The van der Waals surface area contributed by atoms with Gasteiger partial charge in [-0.05, 0) is 20.8 Å². The zero-order valence-electron chi connectivity index (χ0n) is 9.39. The quantitative estimate of drug-likeness (QED) is 0.810. The summed E-state index contributed by atoms with van der Waals surface area (Å²) < 4.78 is 23.4. The largest absolute Gasteiger partial charge is 0.310 e. The zero-order chi connectivity index (χ0) is 12.3. The number of H-pyrrole nitrogens is 1. The fourth-order valence-corrected chi connectivity index (χ4v) is 2.29. The van der Waals surface area contributed by atoms with Gasteiger partial charge in [0.2, 0.25) is 5.91 Å². The van der Waals surface area contributed by atoms with Gasteiger partial charge in [0.1, 0.15) is 11.1 Å². The highest BCUT2D eigenvalue weighted by Crippen LogP contribution is 2.11. The lowest BCUT2D eigenvalue weighted by Crippen LogP contribution is -2.36. The summed E-state index contributed by atoms with van der Waals surface area (Å²) in [6.45, 7) is 4.48. The average Bonchev–Trinajstić information content (AvgIpc) is 2.68. The summed E-state index contributed by atoms with van der Waals surface area (Å²) in [7, 11) is -3.43. The SMILES string of the molecule is CC(C)S(=O)(=O)[C@H](C)C(=O)Nc1ccn[nH]1. The second-order valence-corrected chi connectivity index (χ2v) is 6.57. The summed E-state index contributed by atoms with van der Waals surface area (Å²) in [4.78, 5) is 11.6. The highest BCUT2D eigenvalue weighted by Gasteiger charge is 2.30. The van der Waals surface area contributed by atoms with E-state index in [0.29, 0.717) is 5.82 Å². The van der Waals surface area contributed by atoms with E-state index in [-0.39, 0.29) is 0 Å². The normalized spacial score (nSPS) is 13.8. The van der Waals surface area contributed by atoms with Crippen LogP contribution in [0.2, 0.25) is 0 Å². The minimum atomic E-state index is -3.43. The van der Waals surface area contributed by atoms with Crippen molar-refractivity contribution in [3.8, 4) is 0 Å². The van der Waals surface area contributed by atoms with Crippen molar-refractivity contribution in [2.45, 2.75) is 31.3 Å². The van der Waals surface area contributed by atoms with Crippen molar-refractivity contribution in [2.75, 3.05) is 5.32 Å². The summed E-state index contributed by atoms with van der Waals surface area (Å²) in [5.74, 6) is -0.172. The Balaban J connectivity index is 2.76. The van der Waals surface area contributed by atoms with Crippen LogP contribution in [-0.4, -0.2) is 35.0 Å². The number of rotatable bonds is 4. The first-order valence-corrected chi connectivity index (χ1v) is 6.49. The molecular weight excluding hydrogens is 230 g/mol. The van der Waals surface area contributed by atoms with Crippen LogP contribution in [0.1, 0.15) is 20.8 Å². The second-order valence-electron chi connectivity index (χ2n) is 3.74. The third-order valence-corrected chi connectivity index (χ3v) is 4.79. The Morgan fingerprint density at radius 3 is 2.50 bits per heavy atom. The summed E-state index contributed by atoms with van der Waals surface area (Å²) in [6, 6.07) is 1.55. The van der Waals surface area contributed by atoms with E-state index < -0.39 is 26.2 Å². The molecule has 0 saturated carbocycles. The molecule has 1 amide bonds. The minimum absolute atomic E-state index is 0.385. The van der Waals surface area contributed by atoms with E-state index in [9.17, 15) is 13.2 Å². The van der Waals surface area contributed by atoms with E-state index in [1.54, 1.807) is 19.9 Å². The number of aromatic nitrogens is 2. The van der Waals surface area contributed by atoms with E-state index in [1.165, 1.54) is 13.1 Å². The van der Waals surface area contributed by atoms with Gasteiger partial charge < -0.3 is 5.32 Å². The van der Waals surface area contributed by atoms with E-state index in [2.05, 4.69) is 15.5 Å². The van der Waals surface area contributed by atoms with Crippen molar-refractivity contribution < 1.29 is 13.2 Å². The molecule has 0 aliphatic heterocycles. The lowest BCUT2D eigenvalue weighted by molar-refractivity contribution is -0.115. The first-order valence-electron chi connectivity index (χ1n) is 4.88. The molecule has 16 heavy (non-hydrogen) atoms. The predicted molar refractivity (Wildman–Crippen MR) is 60.7 cm³/mol. The van der Waals surface area contributed by atoms with Crippen molar-refractivity contribution in [1.29, 1.82) is 0 Å². The molecule has 0 radical (unpaired) electrons. The number of aromatic amines is 1. The fraction of sp³-hybridized carbons (Fsp3) is 0.556. The Morgan fingerprint density at radius 1 is 1.44 bits per heavy atom. The van der Waals surface area contributed by atoms with Gasteiger partial charge in [0.05, 0.1) is 11.4 Å². The van der Waals surface area contributed by atoms with Crippen molar-refractivity contribution in [3.63, 3.8) is 0 Å². The third kappa shape index (κ3) is 2.60. The molecule has 7 heteroatoms. The number of anilines is 1. The number of hydrogen-bond acceptors (Lipinski definition) is 4. The maximum Gasteiger partial charge on any atom is 0.243 e. The van der Waals surface area contributed by atoms with Crippen LogP contribution in [0.4, 0.5) is 5.82 Å². The van der Waals surface area contributed by atoms with Crippen molar-refractivity contribution in [1.82, 2.24) is 10.2 Å². The lowest BCUT2D eigenvalue weighted by Gasteiger charge is -2.14. The molecule has 1 atom stereocenters. The number of hydrogen-bond donors (Lipinski definition) is 2. The van der Waals surface area contributed by atoms with E-state index in [0.717, 1.165) is 0 Å². The standard InChI is InChI=1S/C9H15N3O3S/c1-6(2)16(14,15)7(3)9(13)11-8-4-5-10-12-8/h4-7H,1-3H3,(H2,10,11,12,13)/t7-/m1/s1. The smallest absolute Gasteiger partial charge is 0.243 e. The van der Waals surface area contributed by atoms with Gasteiger partial charge in [-0.15, -0.1) is 0 Å². The molecule has 1 aromatic heterocycles. The van der Waals surface area contributed by atoms with Crippen LogP contribution in [0, 0.1) is 0 Å². The molecular formula is C9H15N3O3S. The highest BCUT2D eigenvalue weighted by molar-refractivity contribution is 7.93. The van der Waals surface area contributed by atoms with Crippen LogP contribution in [0.3, 0.4) is 0 Å². The number of nitrogens with one attached hydrogen (secondary N) is 2. The Bertz CT molecular complexity index is 450. The molecule has 0 aromatic carbocycles. The lowest BCUT2D eigenvalue weighted by atomic mass is 10.4. The predicted octanol–water partition coefficient (Wildman–Crippen LogP) is 0.560.